The molecule has 4 aliphatic carbocycles. The number of aliphatic hydroxyl groups is 1. The summed E-state index contributed by atoms with van der Waals surface area (Å²) in [4.78, 5) is 11.5. The molecule has 4 rings (SSSR count). The van der Waals surface area contributed by atoms with Crippen molar-refractivity contribution >= 4 is 17.4 Å². The van der Waals surface area contributed by atoms with E-state index in [9.17, 15) is 9.90 Å². The molecule has 0 spiro atoms. The minimum Gasteiger partial charge on any atom is -0.392 e. The number of halogens is 1. The maximum atomic E-state index is 12.6. The van der Waals surface area contributed by atoms with Crippen molar-refractivity contribution in [2.45, 2.75) is 16.8 Å². The van der Waals surface area contributed by atoms with Gasteiger partial charge in [0.05, 0.1) is 6.10 Å². The average Bonchev–Trinajstić information content (AvgIpc) is 2.70. The zero-order valence-corrected chi connectivity index (χ0v) is 10.9. The monoisotopic (exact) mass is 270 g/mol. The van der Waals surface area contributed by atoms with Gasteiger partial charge >= 0.3 is 0 Å². The first-order chi connectivity index (χ1) is 8.54. The third-order valence-electron chi connectivity index (χ3n) is 5.63. The van der Waals surface area contributed by atoms with Crippen LogP contribution in [0.1, 0.15) is 0 Å². The second kappa shape index (κ2) is 3.01. The van der Waals surface area contributed by atoms with Gasteiger partial charge in [0.25, 0.3) is 0 Å². The predicted molar refractivity (Wildman–Crippen MR) is 62.9 cm³/mol. The van der Waals surface area contributed by atoms with Gasteiger partial charge in [-0.15, -0.1) is 11.6 Å². The first-order valence-electron chi connectivity index (χ1n) is 6.24. The van der Waals surface area contributed by atoms with Gasteiger partial charge in [-0.2, -0.15) is 0 Å². The van der Waals surface area contributed by atoms with Crippen LogP contribution >= 0.6 is 11.6 Å². The Kier molecular flexibility index (Phi) is 1.91. The van der Waals surface area contributed by atoms with E-state index in [0.717, 1.165) is 0 Å². The van der Waals surface area contributed by atoms with Crippen molar-refractivity contribution in [3.05, 3.63) is 12.2 Å². The predicted octanol–water partition coefficient (Wildman–Crippen LogP) is 0.575. The summed E-state index contributed by atoms with van der Waals surface area (Å²) in [5, 5.41) is 10.4. The normalized spacial score (nSPS) is 57.9. The highest BCUT2D eigenvalue weighted by Gasteiger charge is 2.86. The Morgan fingerprint density at radius 3 is 2.61 bits per heavy atom. The van der Waals surface area contributed by atoms with Gasteiger partial charge in [0.15, 0.2) is 16.4 Å². The van der Waals surface area contributed by atoms with Gasteiger partial charge in [0, 0.05) is 43.8 Å². The molecule has 0 heterocycles. The minimum atomic E-state index is -1.18. The fourth-order valence-electron chi connectivity index (χ4n) is 5.14. The molecule has 4 bridgehead atoms. The Labute approximate surface area is 110 Å². The van der Waals surface area contributed by atoms with Gasteiger partial charge in [0.1, 0.15) is 0 Å². The van der Waals surface area contributed by atoms with E-state index >= 15 is 0 Å². The van der Waals surface area contributed by atoms with Crippen LogP contribution < -0.4 is 0 Å². The molecule has 18 heavy (non-hydrogen) atoms. The van der Waals surface area contributed by atoms with Crippen molar-refractivity contribution in [3.8, 4) is 0 Å². The number of ketones is 1. The van der Waals surface area contributed by atoms with Crippen LogP contribution in [0, 0.1) is 29.6 Å². The number of Topliss-reactive ketones (excluding diaryl/α,β-unsaturated/α-hetero) is 1. The molecule has 3 fully saturated rings. The molecule has 0 aromatic rings. The molecule has 1 unspecified atom stereocenters. The highest BCUT2D eigenvalue weighted by molar-refractivity contribution is 6.38. The van der Waals surface area contributed by atoms with E-state index in [4.69, 9.17) is 21.1 Å². The van der Waals surface area contributed by atoms with Gasteiger partial charge in [-0.1, -0.05) is 12.2 Å². The molecule has 4 nitrogen and oxygen atoms in total. The zero-order chi connectivity index (χ0) is 12.9. The summed E-state index contributed by atoms with van der Waals surface area (Å²) in [5.74, 6) is -1.87. The molecule has 0 saturated heterocycles. The number of ether oxygens (including phenoxy) is 2. The largest absolute Gasteiger partial charge is 0.392 e. The van der Waals surface area contributed by atoms with Gasteiger partial charge in [-0.05, 0) is 0 Å². The number of hydrogen-bond acceptors (Lipinski definition) is 4. The molecule has 5 heteroatoms. The van der Waals surface area contributed by atoms with Crippen molar-refractivity contribution in [1.82, 2.24) is 0 Å². The van der Waals surface area contributed by atoms with Crippen LogP contribution in [0.25, 0.3) is 0 Å². The zero-order valence-electron chi connectivity index (χ0n) is 10.2. The lowest BCUT2D eigenvalue weighted by Gasteiger charge is -2.37. The molecule has 4 aliphatic rings. The Balaban J connectivity index is 2.02. The van der Waals surface area contributed by atoms with Crippen molar-refractivity contribution < 1.29 is 19.4 Å². The first-order valence-corrected chi connectivity index (χ1v) is 6.62. The summed E-state index contributed by atoms with van der Waals surface area (Å²) in [6.45, 7) is 0. The average molecular weight is 271 g/mol. The topological polar surface area (TPSA) is 55.8 Å². The fourth-order valence-corrected chi connectivity index (χ4v) is 5.76. The lowest BCUT2D eigenvalue weighted by molar-refractivity contribution is -0.232. The standard InChI is InChI=1S/C13H15ClO4/c1-17-13(18-2)9-7-5-3-4-6(8(9)10(5)15)12(13,14)11(7)16/h3-10,15H,1-2H3/t5?,6-,7-,8-,9+,10+,12-/m0/s1. The number of allylic oxidation sites excluding steroid dienone is 1. The summed E-state index contributed by atoms with van der Waals surface area (Å²) in [6.07, 6.45) is 3.42. The van der Waals surface area contributed by atoms with E-state index in [1.807, 2.05) is 12.2 Å². The fraction of sp³-hybridized carbons (Fsp3) is 0.769. The van der Waals surface area contributed by atoms with Crippen LogP contribution in [0.3, 0.4) is 0 Å². The highest BCUT2D eigenvalue weighted by Crippen LogP contribution is 2.74. The van der Waals surface area contributed by atoms with Crippen LogP contribution in [-0.4, -0.2) is 41.9 Å². The van der Waals surface area contributed by atoms with Crippen LogP contribution in [-0.2, 0) is 14.3 Å². The lowest BCUT2D eigenvalue weighted by atomic mass is 9.78. The van der Waals surface area contributed by atoms with Crippen LogP contribution in [0.2, 0.25) is 0 Å². The number of methoxy groups -OCH3 is 2. The summed E-state index contributed by atoms with van der Waals surface area (Å²) in [5.41, 5.74) is 0. The van der Waals surface area contributed by atoms with E-state index in [0.29, 0.717) is 0 Å². The molecule has 98 valence electrons. The molecule has 0 aliphatic heterocycles. The smallest absolute Gasteiger partial charge is 0.198 e. The minimum absolute atomic E-state index is 0.0225. The molecule has 1 N–H and O–H groups in total. The molecule has 0 aromatic heterocycles. The van der Waals surface area contributed by atoms with Crippen LogP contribution in [0.15, 0.2) is 12.2 Å². The van der Waals surface area contributed by atoms with E-state index in [1.54, 1.807) is 0 Å². The van der Waals surface area contributed by atoms with E-state index in [-0.39, 0.29) is 35.4 Å². The van der Waals surface area contributed by atoms with Crippen molar-refractivity contribution in [2.24, 2.45) is 29.6 Å². The summed E-state index contributed by atoms with van der Waals surface area (Å²) in [6, 6.07) is 0. The number of hydrogen-bond donors (Lipinski definition) is 1. The number of fused-ring (bicyclic) bond motifs is 4. The number of carbonyl (C=O) groups is 1. The number of aliphatic hydroxyl groups excluding tert-OH is 1. The third kappa shape index (κ3) is 0.770. The van der Waals surface area contributed by atoms with Crippen molar-refractivity contribution in [3.63, 3.8) is 0 Å². The quantitative estimate of drug-likeness (QED) is 0.453. The van der Waals surface area contributed by atoms with Crippen molar-refractivity contribution in [1.29, 1.82) is 0 Å². The third-order valence-corrected chi connectivity index (χ3v) is 6.34. The highest BCUT2D eigenvalue weighted by atomic mass is 35.5. The van der Waals surface area contributed by atoms with Crippen LogP contribution in [0.5, 0.6) is 0 Å². The Hall–Kier alpha value is -0.420. The molecule has 3 saturated carbocycles. The van der Waals surface area contributed by atoms with Crippen LogP contribution in [0.4, 0.5) is 0 Å². The number of alkyl halides is 1. The van der Waals surface area contributed by atoms with Gasteiger partial charge < -0.3 is 14.6 Å². The molecular formula is C13H15ClO4. The molecule has 7 atom stereocenters. The second-order valence-corrected chi connectivity index (χ2v) is 6.36. The van der Waals surface area contributed by atoms with E-state index in [1.165, 1.54) is 14.2 Å². The van der Waals surface area contributed by atoms with Crippen molar-refractivity contribution in [2.75, 3.05) is 14.2 Å². The summed E-state index contributed by atoms with van der Waals surface area (Å²) >= 11 is 6.70. The Morgan fingerprint density at radius 2 is 2.00 bits per heavy atom. The van der Waals surface area contributed by atoms with E-state index in [2.05, 4.69) is 0 Å². The molecule has 0 radical (unpaired) electrons. The van der Waals surface area contributed by atoms with Gasteiger partial charge in [-0.25, -0.2) is 0 Å². The molecule has 0 amide bonds. The first kappa shape index (κ1) is 11.4. The summed E-state index contributed by atoms with van der Waals surface area (Å²) < 4.78 is 11.1. The Bertz CT molecular complexity index is 472. The van der Waals surface area contributed by atoms with Gasteiger partial charge in [-0.3, -0.25) is 4.79 Å². The van der Waals surface area contributed by atoms with Gasteiger partial charge in [0.2, 0.25) is 0 Å². The maximum Gasteiger partial charge on any atom is 0.198 e. The second-order valence-electron chi connectivity index (χ2n) is 5.76. The van der Waals surface area contributed by atoms with E-state index < -0.39 is 16.8 Å². The molecular weight excluding hydrogens is 256 g/mol. The lowest BCUT2D eigenvalue weighted by Crippen LogP contribution is -2.53. The molecule has 0 aromatic carbocycles. The summed E-state index contributed by atoms with van der Waals surface area (Å²) in [7, 11) is 3.06. The number of carbonyl (C=O) groups excluding carboxylic acids is 1. The SMILES string of the molecule is COC1(OC)[C@H]2[C@H]3[C@H](O)C4C=C[C@@H]3[C@]1(Cl)C(=O)[C@@H]42. The maximum absolute atomic E-state index is 12.6. The Morgan fingerprint density at radius 1 is 1.33 bits per heavy atom. The number of rotatable bonds is 2.